The van der Waals surface area contributed by atoms with Crippen LogP contribution in [0, 0.1) is 13.8 Å². The van der Waals surface area contributed by atoms with Gasteiger partial charge in [0.25, 0.3) is 0 Å². The maximum atomic E-state index is 7.01. The van der Waals surface area contributed by atoms with Crippen LogP contribution >= 0.6 is 0 Å². The van der Waals surface area contributed by atoms with Gasteiger partial charge in [-0.1, -0.05) is 129 Å². The lowest BCUT2D eigenvalue weighted by Gasteiger charge is -2.46. The third-order valence-electron chi connectivity index (χ3n) is 9.40. The number of hydrogen-bond acceptors (Lipinski definition) is 5. The average molecular weight is 645 g/mol. The minimum atomic E-state index is -0.508. The van der Waals surface area contributed by atoms with E-state index in [1.807, 2.05) is 59.3 Å². The van der Waals surface area contributed by atoms with Gasteiger partial charge in [-0.3, -0.25) is 0 Å². The summed E-state index contributed by atoms with van der Waals surface area (Å²) in [6.45, 7) is 9.86. The van der Waals surface area contributed by atoms with Crippen LogP contribution in [0.2, 0.25) is 0 Å². The van der Waals surface area contributed by atoms with Crippen molar-refractivity contribution in [2.24, 2.45) is 0 Å². The number of rotatable bonds is 14. The second kappa shape index (κ2) is 16.4. The van der Waals surface area contributed by atoms with Gasteiger partial charge >= 0.3 is 0 Å². The number of aryl methyl sites for hydroxylation is 2. The molecule has 0 unspecified atom stereocenters. The van der Waals surface area contributed by atoms with Crippen molar-refractivity contribution in [2.75, 3.05) is 0 Å². The van der Waals surface area contributed by atoms with Crippen LogP contribution in [0.1, 0.15) is 71.3 Å². The van der Waals surface area contributed by atoms with Crippen LogP contribution in [-0.2, 0) is 51.6 Å². The van der Waals surface area contributed by atoms with Crippen molar-refractivity contribution in [1.29, 1.82) is 0 Å². The van der Waals surface area contributed by atoms with Crippen LogP contribution in [0.15, 0.2) is 115 Å². The number of aromatic nitrogens is 2. The zero-order valence-corrected chi connectivity index (χ0v) is 28.6. The summed E-state index contributed by atoms with van der Waals surface area (Å²) < 4.78 is 29.5. The summed E-state index contributed by atoms with van der Waals surface area (Å²) in [5.41, 5.74) is 9.18. The molecule has 250 valence electrons. The summed E-state index contributed by atoms with van der Waals surface area (Å²) in [6.07, 6.45) is 0.574. The van der Waals surface area contributed by atoms with Gasteiger partial charge in [0.15, 0.2) is 6.23 Å². The first-order chi connectivity index (χ1) is 23.5. The van der Waals surface area contributed by atoms with E-state index < -0.39 is 18.4 Å². The quantitative estimate of drug-likeness (QED) is 0.121. The lowest BCUT2D eigenvalue weighted by molar-refractivity contribution is -0.286. The molecule has 5 atom stereocenters. The van der Waals surface area contributed by atoms with E-state index in [0.29, 0.717) is 19.8 Å². The highest BCUT2D eigenvalue weighted by Gasteiger charge is 2.49. The van der Waals surface area contributed by atoms with Crippen LogP contribution in [-0.4, -0.2) is 34.2 Å². The number of ether oxygens (including phenoxy) is 4. The van der Waals surface area contributed by atoms with Gasteiger partial charge in [-0.05, 0) is 54.5 Å². The van der Waals surface area contributed by atoms with Gasteiger partial charge < -0.3 is 18.9 Å². The molecule has 2 heterocycles. The van der Waals surface area contributed by atoms with E-state index in [0.717, 1.165) is 47.3 Å². The first kappa shape index (κ1) is 33.8. The third kappa shape index (κ3) is 8.13. The average Bonchev–Trinajstić information content (AvgIpc) is 3.41. The van der Waals surface area contributed by atoms with Crippen molar-refractivity contribution in [1.82, 2.24) is 9.78 Å². The molecule has 48 heavy (non-hydrogen) atoms. The lowest BCUT2D eigenvalue weighted by atomic mass is 9.95. The van der Waals surface area contributed by atoms with E-state index >= 15 is 0 Å². The standard InChI is InChI=1S/C42H48N2O4/c1-5-32-22-24-33(25-23-32)26-37-30(3)43-44(31(37)4)42-41(47-29-36-20-14-9-15-21-36)40(46-28-35-18-12-8-13-19-35)39(38(6-2)48-42)45-27-34-16-10-7-11-17-34/h7-25,38-42H,5-6,26-29H2,1-4H3/t38-,39-,40+,41-,42-/m1/s1. The Labute approximate surface area is 285 Å². The Morgan fingerprint density at radius 2 is 1.06 bits per heavy atom. The van der Waals surface area contributed by atoms with Crippen molar-refractivity contribution in [3.63, 3.8) is 0 Å². The van der Waals surface area contributed by atoms with Gasteiger partial charge in [0, 0.05) is 17.7 Å². The summed E-state index contributed by atoms with van der Waals surface area (Å²) in [5, 5.41) is 5.12. The highest BCUT2D eigenvalue weighted by molar-refractivity contribution is 5.33. The largest absolute Gasteiger partial charge is 0.368 e. The van der Waals surface area contributed by atoms with Gasteiger partial charge in [0.2, 0.25) is 0 Å². The van der Waals surface area contributed by atoms with E-state index in [4.69, 9.17) is 24.0 Å². The van der Waals surface area contributed by atoms with Crippen molar-refractivity contribution >= 4 is 0 Å². The minimum absolute atomic E-state index is 0.231. The van der Waals surface area contributed by atoms with E-state index in [1.54, 1.807) is 0 Å². The van der Waals surface area contributed by atoms with Crippen molar-refractivity contribution in [3.05, 3.63) is 160 Å². The molecule has 5 aromatic rings. The topological polar surface area (TPSA) is 54.7 Å². The smallest absolute Gasteiger partial charge is 0.179 e. The van der Waals surface area contributed by atoms with Gasteiger partial charge in [-0.2, -0.15) is 5.10 Å². The van der Waals surface area contributed by atoms with Gasteiger partial charge in [0.05, 0.1) is 31.6 Å². The monoisotopic (exact) mass is 644 g/mol. The molecule has 6 nitrogen and oxygen atoms in total. The van der Waals surface area contributed by atoms with E-state index in [9.17, 15) is 0 Å². The second-order valence-electron chi connectivity index (χ2n) is 12.7. The molecule has 0 saturated carbocycles. The van der Waals surface area contributed by atoms with Crippen LogP contribution in [0.25, 0.3) is 0 Å². The van der Waals surface area contributed by atoms with Crippen molar-refractivity contribution < 1.29 is 18.9 Å². The summed E-state index contributed by atoms with van der Waals surface area (Å²) in [7, 11) is 0. The normalized spacial score (nSPS) is 21.0. The number of nitrogens with zero attached hydrogens (tertiary/aromatic N) is 2. The molecule has 6 rings (SSSR count). The second-order valence-corrected chi connectivity index (χ2v) is 12.7. The lowest BCUT2D eigenvalue weighted by Crippen LogP contribution is -2.58. The molecule has 0 aliphatic carbocycles. The van der Waals surface area contributed by atoms with Crippen LogP contribution in [0.5, 0.6) is 0 Å². The molecule has 1 aromatic heterocycles. The maximum absolute atomic E-state index is 7.01. The molecular weight excluding hydrogens is 596 g/mol. The fourth-order valence-corrected chi connectivity index (χ4v) is 6.59. The minimum Gasteiger partial charge on any atom is -0.368 e. The molecular formula is C42H48N2O4. The summed E-state index contributed by atoms with van der Waals surface area (Å²) in [4.78, 5) is 0. The Bertz CT molecular complexity index is 1690. The van der Waals surface area contributed by atoms with Crippen molar-refractivity contribution in [3.8, 4) is 0 Å². The summed E-state index contributed by atoms with van der Waals surface area (Å²) in [5.74, 6) is 0. The SMILES string of the molecule is CCc1ccc(Cc2c(C)nn([C@@H]3O[C@H](CC)[C@@H](OCc4ccccc4)[C@H](OCc4ccccc4)[C@H]3OCc3ccccc3)c2C)cc1. The Balaban J connectivity index is 1.36. The molecule has 0 N–H and O–H groups in total. The molecule has 4 aromatic carbocycles. The Hall–Kier alpha value is -4.07. The molecule has 0 spiro atoms. The fraction of sp³-hybridized carbons (Fsp3) is 0.357. The molecule has 1 aliphatic rings. The van der Waals surface area contributed by atoms with Gasteiger partial charge in [-0.15, -0.1) is 0 Å². The van der Waals surface area contributed by atoms with Gasteiger partial charge in [-0.25, -0.2) is 4.68 Å². The van der Waals surface area contributed by atoms with Crippen LogP contribution < -0.4 is 0 Å². The molecule has 0 radical (unpaired) electrons. The molecule has 1 fully saturated rings. The summed E-state index contributed by atoms with van der Waals surface area (Å²) >= 11 is 0. The number of benzene rings is 4. The van der Waals surface area contributed by atoms with Crippen LogP contribution in [0.4, 0.5) is 0 Å². The molecule has 0 amide bonds. The zero-order valence-electron chi connectivity index (χ0n) is 28.6. The van der Waals surface area contributed by atoms with Gasteiger partial charge in [0.1, 0.15) is 18.3 Å². The maximum Gasteiger partial charge on any atom is 0.179 e. The molecule has 0 bridgehead atoms. The highest BCUT2D eigenvalue weighted by Crippen LogP contribution is 2.38. The third-order valence-corrected chi connectivity index (χ3v) is 9.40. The Kier molecular flexibility index (Phi) is 11.5. The molecule has 6 heteroatoms. The first-order valence-corrected chi connectivity index (χ1v) is 17.3. The first-order valence-electron chi connectivity index (χ1n) is 17.3. The fourth-order valence-electron chi connectivity index (χ4n) is 6.59. The summed E-state index contributed by atoms with van der Waals surface area (Å²) in [6, 6.07) is 39.7. The Morgan fingerprint density at radius 1 is 0.583 bits per heavy atom. The predicted molar refractivity (Wildman–Crippen MR) is 190 cm³/mol. The highest BCUT2D eigenvalue weighted by atomic mass is 16.6. The van der Waals surface area contributed by atoms with Crippen molar-refractivity contribution in [2.45, 2.75) is 97.4 Å². The van der Waals surface area contributed by atoms with E-state index in [1.165, 1.54) is 16.7 Å². The zero-order chi connectivity index (χ0) is 33.3. The van der Waals surface area contributed by atoms with Crippen LogP contribution in [0.3, 0.4) is 0 Å². The predicted octanol–water partition coefficient (Wildman–Crippen LogP) is 8.72. The van der Waals surface area contributed by atoms with E-state index in [-0.39, 0.29) is 12.2 Å². The van der Waals surface area contributed by atoms with E-state index in [2.05, 4.69) is 88.4 Å². The number of hydrogen-bond donors (Lipinski definition) is 0. The molecule has 1 aliphatic heterocycles. The Morgan fingerprint density at radius 3 is 1.56 bits per heavy atom. The molecule has 1 saturated heterocycles.